The monoisotopic (exact) mass is 401 g/mol. The van der Waals surface area contributed by atoms with E-state index in [4.69, 9.17) is 10.6 Å². The van der Waals surface area contributed by atoms with Crippen LogP contribution >= 0.6 is 11.8 Å². The number of rotatable bonds is 8. The second kappa shape index (κ2) is 9.23. The molecular weight excluding hydrogens is 381 g/mol. The zero-order valence-electron chi connectivity index (χ0n) is 15.3. The summed E-state index contributed by atoms with van der Waals surface area (Å²) < 4.78 is 19.4. The number of nitrogens with one attached hydrogen (secondary N) is 1. The van der Waals surface area contributed by atoms with E-state index >= 15 is 0 Å². The van der Waals surface area contributed by atoms with Crippen LogP contribution in [-0.2, 0) is 11.2 Å². The van der Waals surface area contributed by atoms with E-state index in [1.54, 1.807) is 19.2 Å². The molecule has 2 aromatic carbocycles. The van der Waals surface area contributed by atoms with Gasteiger partial charge in [0.2, 0.25) is 11.1 Å². The Kier molecular flexibility index (Phi) is 6.49. The van der Waals surface area contributed by atoms with Crippen molar-refractivity contribution >= 4 is 17.7 Å². The Morgan fingerprint density at radius 2 is 1.89 bits per heavy atom. The number of nitrogens with zero attached hydrogens (tertiary/aromatic N) is 3. The van der Waals surface area contributed by atoms with E-state index < -0.39 is 0 Å². The number of thioether (sulfide) groups is 1. The number of benzene rings is 2. The molecule has 0 radical (unpaired) electrons. The number of methoxy groups -OCH3 is 1. The SMILES string of the molecule is COc1ccc(CCNC(=O)CSc2nnc(-c3ccc(F)cc3)n2N)cc1. The zero-order chi connectivity index (χ0) is 19.9. The summed E-state index contributed by atoms with van der Waals surface area (Å²) >= 11 is 1.19. The molecule has 28 heavy (non-hydrogen) atoms. The van der Waals surface area contributed by atoms with E-state index in [2.05, 4.69) is 15.5 Å². The van der Waals surface area contributed by atoms with E-state index in [1.807, 2.05) is 24.3 Å². The van der Waals surface area contributed by atoms with Crippen molar-refractivity contribution in [2.24, 2.45) is 0 Å². The fourth-order valence-electron chi connectivity index (χ4n) is 2.49. The molecule has 0 aliphatic carbocycles. The molecule has 146 valence electrons. The lowest BCUT2D eigenvalue weighted by atomic mass is 10.1. The van der Waals surface area contributed by atoms with Gasteiger partial charge in [0.05, 0.1) is 12.9 Å². The average Bonchev–Trinajstić information content (AvgIpc) is 3.08. The number of nitrogen functional groups attached to an aromatic ring is 1. The van der Waals surface area contributed by atoms with Crippen molar-refractivity contribution in [2.75, 3.05) is 25.3 Å². The summed E-state index contributed by atoms with van der Waals surface area (Å²) in [4.78, 5) is 12.0. The first kappa shape index (κ1) is 19.7. The van der Waals surface area contributed by atoms with Crippen LogP contribution in [0.5, 0.6) is 5.75 Å². The Morgan fingerprint density at radius 1 is 1.18 bits per heavy atom. The maximum Gasteiger partial charge on any atom is 0.230 e. The fraction of sp³-hybridized carbons (Fsp3) is 0.211. The van der Waals surface area contributed by atoms with E-state index in [-0.39, 0.29) is 17.5 Å². The molecule has 0 aliphatic heterocycles. The minimum atomic E-state index is -0.340. The number of ether oxygens (including phenoxy) is 1. The van der Waals surface area contributed by atoms with Gasteiger partial charge in [-0.05, 0) is 48.4 Å². The van der Waals surface area contributed by atoms with Crippen molar-refractivity contribution < 1.29 is 13.9 Å². The number of hydrogen-bond donors (Lipinski definition) is 2. The lowest BCUT2D eigenvalue weighted by Crippen LogP contribution is -2.27. The first-order valence-corrected chi connectivity index (χ1v) is 9.54. The molecule has 3 N–H and O–H groups in total. The van der Waals surface area contributed by atoms with Crippen LogP contribution in [0, 0.1) is 5.82 Å². The van der Waals surface area contributed by atoms with Gasteiger partial charge < -0.3 is 15.9 Å². The Hall–Kier alpha value is -3.07. The van der Waals surface area contributed by atoms with Crippen LogP contribution in [0.1, 0.15) is 5.56 Å². The van der Waals surface area contributed by atoms with Crippen molar-refractivity contribution in [1.82, 2.24) is 20.2 Å². The molecule has 0 aliphatic rings. The normalized spacial score (nSPS) is 10.6. The predicted octanol–water partition coefficient (Wildman–Crippen LogP) is 2.26. The van der Waals surface area contributed by atoms with Crippen LogP contribution < -0.4 is 15.9 Å². The van der Waals surface area contributed by atoms with Gasteiger partial charge in [0.25, 0.3) is 0 Å². The maximum atomic E-state index is 13.0. The van der Waals surface area contributed by atoms with Gasteiger partial charge in [-0.25, -0.2) is 9.07 Å². The Labute approximate surface area is 166 Å². The van der Waals surface area contributed by atoms with E-state index in [0.717, 1.165) is 17.7 Å². The van der Waals surface area contributed by atoms with E-state index in [9.17, 15) is 9.18 Å². The van der Waals surface area contributed by atoms with Crippen LogP contribution in [0.25, 0.3) is 11.4 Å². The van der Waals surface area contributed by atoms with Gasteiger partial charge in [-0.3, -0.25) is 4.79 Å². The van der Waals surface area contributed by atoms with Crippen molar-refractivity contribution in [2.45, 2.75) is 11.6 Å². The minimum Gasteiger partial charge on any atom is -0.497 e. The summed E-state index contributed by atoms with van der Waals surface area (Å²) in [5.74, 6) is 6.91. The van der Waals surface area contributed by atoms with Gasteiger partial charge in [0.15, 0.2) is 5.82 Å². The standard InChI is InChI=1S/C19H20FN5O2S/c1-27-16-8-2-13(3-9-16)10-11-22-17(26)12-28-19-24-23-18(25(19)21)14-4-6-15(20)7-5-14/h2-9H,10-12,21H2,1H3,(H,22,26). The van der Waals surface area contributed by atoms with Gasteiger partial charge in [-0.1, -0.05) is 23.9 Å². The van der Waals surface area contributed by atoms with Crippen molar-refractivity contribution in [3.63, 3.8) is 0 Å². The number of amides is 1. The molecule has 9 heteroatoms. The lowest BCUT2D eigenvalue weighted by Gasteiger charge is -2.06. The van der Waals surface area contributed by atoms with Crippen molar-refractivity contribution in [3.05, 3.63) is 59.9 Å². The minimum absolute atomic E-state index is 0.121. The number of halogens is 1. The maximum absolute atomic E-state index is 13.0. The molecule has 0 bridgehead atoms. The number of carbonyl (C=O) groups is 1. The molecule has 3 rings (SSSR count). The van der Waals surface area contributed by atoms with E-state index in [0.29, 0.717) is 23.1 Å². The molecule has 1 heterocycles. The number of carbonyl (C=O) groups excluding carboxylic acids is 1. The van der Waals surface area contributed by atoms with Gasteiger partial charge in [0.1, 0.15) is 11.6 Å². The molecule has 0 saturated heterocycles. The molecular formula is C19H20FN5O2S. The summed E-state index contributed by atoms with van der Waals surface area (Å²) in [6.07, 6.45) is 0.724. The molecule has 0 unspecified atom stereocenters. The molecule has 0 atom stereocenters. The number of nitrogens with two attached hydrogens (primary N) is 1. The van der Waals surface area contributed by atoms with Crippen LogP contribution in [0.3, 0.4) is 0 Å². The van der Waals surface area contributed by atoms with Gasteiger partial charge in [0, 0.05) is 12.1 Å². The summed E-state index contributed by atoms with van der Waals surface area (Å²) in [6.45, 7) is 0.530. The molecule has 3 aromatic rings. The zero-order valence-corrected chi connectivity index (χ0v) is 16.1. The summed E-state index contributed by atoms with van der Waals surface area (Å²) in [5.41, 5.74) is 1.76. The highest BCUT2D eigenvalue weighted by molar-refractivity contribution is 7.99. The Bertz CT molecular complexity index is 929. The second-order valence-electron chi connectivity index (χ2n) is 5.92. The molecule has 0 spiro atoms. The topological polar surface area (TPSA) is 95.1 Å². The summed E-state index contributed by atoms with van der Waals surface area (Å²) in [6, 6.07) is 13.5. The third-order valence-electron chi connectivity index (χ3n) is 3.99. The van der Waals surface area contributed by atoms with Crippen molar-refractivity contribution in [1.29, 1.82) is 0 Å². The fourth-order valence-corrected chi connectivity index (χ4v) is 3.18. The Morgan fingerprint density at radius 3 is 2.57 bits per heavy atom. The van der Waals surface area contributed by atoms with Crippen LogP contribution in [0.15, 0.2) is 53.7 Å². The lowest BCUT2D eigenvalue weighted by molar-refractivity contribution is -0.118. The molecule has 1 aromatic heterocycles. The largest absolute Gasteiger partial charge is 0.497 e. The highest BCUT2D eigenvalue weighted by Crippen LogP contribution is 2.21. The number of aromatic nitrogens is 3. The molecule has 7 nitrogen and oxygen atoms in total. The second-order valence-corrected chi connectivity index (χ2v) is 6.86. The van der Waals surface area contributed by atoms with Gasteiger partial charge in [-0.2, -0.15) is 0 Å². The highest BCUT2D eigenvalue weighted by Gasteiger charge is 2.13. The third-order valence-corrected chi connectivity index (χ3v) is 4.94. The first-order chi connectivity index (χ1) is 13.6. The first-order valence-electron chi connectivity index (χ1n) is 8.55. The summed E-state index contributed by atoms with van der Waals surface area (Å²) in [7, 11) is 1.62. The van der Waals surface area contributed by atoms with Gasteiger partial charge >= 0.3 is 0 Å². The van der Waals surface area contributed by atoms with Crippen LogP contribution in [0.4, 0.5) is 4.39 Å². The van der Waals surface area contributed by atoms with Gasteiger partial charge in [-0.15, -0.1) is 10.2 Å². The number of hydrogen-bond acceptors (Lipinski definition) is 6. The van der Waals surface area contributed by atoms with Crippen molar-refractivity contribution in [3.8, 4) is 17.1 Å². The van der Waals surface area contributed by atoms with Crippen LogP contribution in [-0.4, -0.2) is 40.2 Å². The molecule has 0 saturated carbocycles. The molecule has 0 fully saturated rings. The molecule has 1 amide bonds. The smallest absolute Gasteiger partial charge is 0.230 e. The quantitative estimate of drug-likeness (QED) is 0.444. The predicted molar refractivity (Wildman–Crippen MR) is 106 cm³/mol. The average molecular weight is 401 g/mol. The highest BCUT2D eigenvalue weighted by atomic mass is 32.2. The van der Waals surface area contributed by atoms with Crippen LogP contribution in [0.2, 0.25) is 0 Å². The summed E-state index contributed by atoms with van der Waals surface area (Å²) in [5, 5.41) is 11.3. The van der Waals surface area contributed by atoms with E-state index in [1.165, 1.54) is 28.6 Å². The Balaban J connectivity index is 1.47. The third kappa shape index (κ3) is 5.01.